The zero-order chi connectivity index (χ0) is 39.3. The summed E-state index contributed by atoms with van der Waals surface area (Å²) in [5.41, 5.74) is 0. The zero-order valence-electron chi connectivity index (χ0n) is 34.7. The molecular formula is C43H81NO8P+. The van der Waals surface area contributed by atoms with E-state index in [2.05, 4.69) is 38.2 Å². The number of phosphoric acid groups is 1. The van der Waals surface area contributed by atoms with E-state index in [-0.39, 0.29) is 26.1 Å². The number of phosphoric ester groups is 1. The number of carbonyl (C=O) groups excluding carboxylic acids is 2. The molecule has 0 saturated heterocycles. The number of hydrogen-bond donors (Lipinski definition) is 1. The highest BCUT2D eigenvalue weighted by atomic mass is 31.2. The topological polar surface area (TPSA) is 108 Å². The Morgan fingerprint density at radius 2 is 1.06 bits per heavy atom. The second-order valence-corrected chi connectivity index (χ2v) is 16.8. The lowest BCUT2D eigenvalue weighted by Gasteiger charge is -2.24. The van der Waals surface area contributed by atoms with Gasteiger partial charge in [0.25, 0.3) is 0 Å². The Balaban J connectivity index is 4.45. The van der Waals surface area contributed by atoms with Crippen LogP contribution in [0.1, 0.15) is 174 Å². The highest BCUT2D eigenvalue weighted by molar-refractivity contribution is 7.47. The minimum absolute atomic E-state index is 0.0211. The molecule has 0 aliphatic carbocycles. The van der Waals surface area contributed by atoms with Crippen molar-refractivity contribution in [2.75, 3.05) is 47.5 Å². The van der Waals surface area contributed by atoms with Crippen LogP contribution in [0.4, 0.5) is 0 Å². The number of nitrogens with zero attached hydrogens (tertiary/aromatic N) is 1. The number of esters is 2. The fraction of sp³-hybridized carbons (Fsp3) is 0.814. The number of hydrogen-bond acceptors (Lipinski definition) is 7. The van der Waals surface area contributed by atoms with Gasteiger partial charge in [0.15, 0.2) is 6.10 Å². The van der Waals surface area contributed by atoms with Crippen molar-refractivity contribution >= 4 is 19.8 Å². The summed E-state index contributed by atoms with van der Waals surface area (Å²) in [5.74, 6) is -0.887. The summed E-state index contributed by atoms with van der Waals surface area (Å²) in [6.45, 7) is 4.33. The first-order valence-electron chi connectivity index (χ1n) is 21.2. The predicted octanol–water partition coefficient (Wildman–Crippen LogP) is 11.7. The third-order valence-corrected chi connectivity index (χ3v) is 9.89. The lowest BCUT2D eigenvalue weighted by atomic mass is 10.1. The van der Waals surface area contributed by atoms with Crippen molar-refractivity contribution in [2.24, 2.45) is 0 Å². The molecule has 0 rings (SSSR count). The van der Waals surface area contributed by atoms with Crippen molar-refractivity contribution in [3.8, 4) is 0 Å². The van der Waals surface area contributed by atoms with Crippen molar-refractivity contribution in [1.82, 2.24) is 0 Å². The van der Waals surface area contributed by atoms with E-state index in [0.29, 0.717) is 17.4 Å². The molecular weight excluding hydrogens is 689 g/mol. The molecule has 310 valence electrons. The molecule has 2 atom stereocenters. The molecule has 0 spiro atoms. The molecule has 0 fully saturated rings. The fourth-order valence-electron chi connectivity index (χ4n) is 5.53. The molecule has 9 nitrogen and oxygen atoms in total. The molecule has 53 heavy (non-hydrogen) atoms. The molecule has 0 amide bonds. The minimum atomic E-state index is -4.39. The zero-order valence-corrected chi connectivity index (χ0v) is 35.6. The van der Waals surface area contributed by atoms with E-state index in [0.717, 1.165) is 51.4 Å². The van der Waals surface area contributed by atoms with E-state index in [9.17, 15) is 19.0 Å². The molecule has 0 aliphatic rings. The summed E-state index contributed by atoms with van der Waals surface area (Å²) >= 11 is 0. The minimum Gasteiger partial charge on any atom is -0.462 e. The van der Waals surface area contributed by atoms with Gasteiger partial charge in [-0.15, -0.1) is 0 Å². The molecule has 0 aromatic carbocycles. The predicted molar refractivity (Wildman–Crippen MR) is 220 cm³/mol. The quantitative estimate of drug-likeness (QED) is 0.0217. The fourth-order valence-corrected chi connectivity index (χ4v) is 6.27. The van der Waals surface area contributed by atoms with Crippen LogP contribution in [0.25, 0.3) is 0 Å². The van der Waals surface area contributed by atoms with Gasteiger partial charge in [-0.1, -0.05) is 140 Å². The Kier molecular flexibility index (Phi) is 34.7. The van der Waals surface area contributed by atoms with E-state index in [1.54, 1.807) is 0 Å². The number of quaternary nitrogens is 1. The summed E-state index contributed by atoms with van der Waals surface area (Å²) in [6, 6.07) is 0. The van der Waals surface area contributed by atoms with Gasteiger partial charge in [0.05, 0.1) is 27.7 Å². The highest BCUT2D eigenvalue weighted by Gasteiger charge is 2.27. The van der Waals surface area contributed by atoms with Gasteiger partial charge in [0.2, 0.25) is 0 Å². The normalized spacial score (nSPS) is 14.0. The summed E-state index contributed by atoms with van der Waals surface area (Å²) in [4.78, 5) is 35.2. The lowest BCUT2D eigenvalue weighted by Crippen LogP contribution is -2.37. The average molecular weight is 771 g/mol. The van der Waals surface area contributed by atoms with Gasteiger partial charge in [-0.05, 0) is 57.8 Å². The Bertz CT molecular complexity index is 1010. The van der Waals surface area contributed by atoms with Gasteiger partial charge in [0, 0.05) is 12.8 Å². The van der Waals surface area contributed by atoms with E-state index in [1.165, 1.54) is 89.9 Å². The van der Waals surface area contributed by atoms with Gasteiger partial charge >= 0.3 is 19.8 Å². The van der Waals surface area contributed by atoms with Crippen molar-refractivity contribution in [1.29, 1.82) is 0 Å². The molecule has 0 radical (unpaired) electrons. The van der Waals surface area contributed by atoms with Crippen LogP contribution in [0.3, 0.4) is 0 Å². The van der Waals surface area contributed by atoms with Gasteiger partial charge in [-0.3, -0.25) is 18.6 Å². The van der Waals surface area contributed by atoms with Crippen molar-refractivity contribution < 1.29 is 42.1 Å². The van der Waals surface area contributed by atoms with E-state index >= 15 is 0 Å². The number of ether oxygens (including phenoxy) is 2. The second-order valence-electron chi connectivity index (χ2n) is 15.4. The Morgan fingerprint density at radius 1 is 0.585 bits per heavy atom. The molecule has 10 heteroatoms. The van der Waals surface area contributed by atoms with Gasteiger partial charge < -0.3 is 18.9 Å². The van der Waals surface area contributed by atoms with Crippen LogP contribution >= 0.6 is 7.82 Å². The van der Waals surface area contributed by atoms with Crippen LogP contribution in [-0.4, -0.2) is 74.9 Å². The smallest absolute Gasteiger partial charge is 0.462 e. The number of allylic oxidation sites excluding steroid dienone is 6. The largest absolute Gasteiger partial charge is 0.472 e. The average Bonchev–Trinajstić information content (AvgIpc) is 3.10. The lowest BCUT2D eigenvalue weighted by molar-refractivity contribution is -0.870. The third-order valence-electron chi connectivity index (χ3n) is 8.91. The molecule has 0 aliphatic heterocycles. The van der Waals surface area contributed by atoms with Gasteiger partial charge in [-0.25, -0.2) is 4.57 Å². The summed E-state index contributed by atoms with van der Waals surface area (Å²) in [6.07, 6.45) is 39.2. The molecule has 0 saturated carbocycles. The maximum Gasteiger partial charge on any atom is 0.472 e. The molecule has 2 unspecified atom stereocenters. The monoisotopic (exact) mass is 771 g/mol. The molecule has 0 bridgehead atoms. The molecule has 1 N–H and O–H groups in total. The summed E-state index contributed by atoms with van der Waals surface area (Å²) in [7, 11) is 1.44. The molecule has 0 heterocycles. The second kappa shape index (κ2) is 35.9. The maximum atomic E-state index is 12.6. The van der Waals surface area contributed by atoms with Crippen LogP contribution in [-0.2, 0) is 32.7 Å². The van der Waals surface area contributed by atoms with E-state index in [1.807, 2.05) is 33.3 Å². The summed E-state index contributed by atoms with van der Waals surface area (Å²) < 4.78 is 34.1. The van der Waals surface area contributed by atoms with E-state index < -0.39 is 32.5 Å². The van der Waals surface area contributed by atoms with Crippen LogP contribution in [0, 0.1) is 0 Å². The van der Waals surface area contributed by atoms with Crippen molar-refractivity contribution in [2.45, 2.75) is 180 Å². The summed E-state index contributed by atoms with van der Waals surface area (Å²) in [5, 5.41) is 0. The van der Waals surface area contributed by atoms with Crippen LogP contribution in [0.15, 0.2) is 36.5 Å². The molecule has 0 aromatic rings. The maximum absolute atomic E-state index is 12.6. The van der Waals surface area contributed by atoms with E-state index in [4.69, 9.17) is 18.5 Å². The highest BCUT2D eigenvalue weighted by Crippen LogP contribution is 2.43. The number of unbranched alkanes of at least 4 members (excludes halogenated alkanes) is 18. The Hall–Kier alpha value is -1.77. The first-order chi connectivity index (χ1) is 25.5. The molecule has 0 aromatic heterocycles. The number of carbonyl (C=O) groups is 2. The van der Waals surface area contributed by atoms with Crippen LogP contribution in [0.5, 0.6) is 0 Å². The number of rotatable bonds is 38. The first kappa shape index (κ1) is 51.2. The van der Waals surface area contributed by atoms with Crippen LogP contribution in [0.2, 0.25) is 0 Å². The Labute approximate surface area is 325 Å². The Morgan fingerprint density at radius 3 is 1.58 bits per heavy atom. The van der Waals surface area contributed by atoms with Crippen molar-refractivity contribution in [3.63, 3.8) is 0 Å². The van der Waals surface area contributed by atoms with Crippen LogP contribution < -0.4 is 0 Å². The standard InChI is InChI=1S/C43H80NO8P/c1-6-8-10-12-14-16-18-20-21-22-24-25-27-29-31-33-35-42(45)49-39-41(40-51-53(47,48)50-38-37-44(3,4)5)52-43(46)36-34-32-30-28-26-23-19-17-15-13-11-9-7-2/h21-23,26,30,32,41H,6-20,24-25,27-29,31,33-40H2,1-5H3/p+1/b22-21+,26-23+,32-30+. The van der Waals surface area contributed by atoms with Gasteiger partial charge in [-0.2, -0.15) is 0 Å². The SMILES string of the molecule is CCCCCCCC/C=C/C/C=C/CCC(=O)OC(COC(=O)CCCCCCC/C=C/CCCCCCCCC)COP(=O)(O)OCC[N+](C)(C)C. The first-order valence-corrected chi connectivity index (χ1v) is 22.7. The van der Waals surface area contributed by atoms with Gasteiger partial charge in [0.1, 0.15) is 19.8 Å². The third kappa shape index (κ3) is 39.7. The number of likely N-dealkylation sites (N-methyl/N-ethyl adjacent to an activating group) is 1. The van der Waals surface area contributed by atoms with Crippen molar-refractivity contribution in [3.05, 3.63) is 36.5 Å².